The summed E-state index contributed by atoms with van der Waals surface area (Å²) in [6.07, 6.45) is 5.53. The lowest BCUT2D eigenvalue weighted by Gasteiger charge is -2.16. The third-order valence-corrected chi connectivity index (χ3v) is 5.08. The second-order valence-electron chi connectivity index (χ2n) is 7.33. The summed E-state index contributed by atoms with van der Waals surface area (Å²) >= 11 is 0. The van der Waals surface area contributed by atoms with Crippen molar-refractivity contribution in [2.24, 2.45) is 0 Å². The van der Waals surface area contributed by atoms with Crippen LogP contribution in [0.4, 0.5) is 10.5 Å². The summed E-state index contributed by atoms with van der Waals surface area (Å²) in [4.78, 5) is 16.5. The van der Waals surface area contributed by atoms with Crippen LogP contribution < -0.4 is 10.6 Å². The lowest BCUT2D eigenvalue weighted by atomic mass is 9.90. The first-order valence-electron chi connectivity index (χ1n) is 9.78. The molecule has 3 aromatic rings. The minimum absolute atomic E-state index is 0.199. The monoisotopic (exact) mass is 375 g/mol. The van der Waals surface area contributed by atoms with Gasteiger partial charge in [-0.05, 0) is 67.0 Å². The smallest absolute Gasteiger partial charge is 0.319 e. The van der Waals surface area contributed by atoms with Gasteiger partial charge in [0.2, 0.25) is 0 Å². The number of urea groups is 1. The molecule has 1 aliphatic carbocycles. The average Bonchev–Trinajstić information content (AvgIpc) is 3.12. The number of aryl methyl sites for hydroxylation is 3. The fourth-order valence-electron chi connectivity index (χ4n) is 3.61. The molecule has 0 atom stereocenters. The summed E-state index contributed by atoms with van der Waals surface area (Å²) in [6.45, 7) is 2.41. The standard InChI is InChI=1S/C22H25N5O/c1-15-24-21(27-26-15)13-16-7-10-20(11-8-16)25-22(28)23-14-17-6-9-18-4-2-3-5-19(18)12-17/h6-12H,2-5,13-14H2,1H3,(H2,23,25,28)(H,24,26,27). The number of H-pyrrole nitrogens is 1. The average molecular weight is 375 g/mol. The normalized spacial score (nSPS) is 13.0. The molecular formula is C22H25N5O. The van der Waals surface area contributed by atoms with Crippen LogP contribution in [0, 0.1) is 6.92 Å². The van der Waals surface area contributed by atoms with E-state index >= 15 is 0 Å². The molecule has 6 nitrogen and oxygen atoms in total. The SMILES string of the molecule is Cc1nc(Cc2ccc(NC(=O)NCc3ccc4c(c3)CCCC4)cc2)n[nH]1. The van der Waals surface area contributed by atoms with Crippen LogP contribution in [0.5, 0.6) is 0 Å². The number of anilines is 1. The van der Waals surface area contributed by atoms with Gasteiger partial charge in [0.15, 0.2) is 5.82 Å². The maximum absolute atomic E-state index is 12.2. The highest BCUT2D eigenvalue weighted by Gasteiger charge is 2.10. The topological polar surface area (TPSA) is 82.7 Å². The second kappa shape index (κ2) is 8.25. The molecule has 2 amide bonds. The van der Waals surface area contributed by atoms with Crippen molar-refractivity contribution in [1.29, 1.82) is 0 Å². The molecule has 0 bridgehead atoms. The van der Waals surface area contributed by atoms with Gasteiger partial charge >= 0.3 is 6.03 Å². The van der Waals surface area contributed by atoms with Gasteiger partial charge in [-0.15, -0.1) is 0 Å². The van der Waals surface area contributed by atoms with Crippen molar-refractivity contribution < 1.29 is 4.79 Å². The van der Waals surface area contributed by atoms with E-state index in [2.05, 4.69) is 44.0 Å². The molecular weight excluding hydrogens is 350 g/mol. The third kappa shape index (κ3) is 4.57. The van der Waals surface area contributed by atoms with E-state index in [0.29, 0.717) is 13.0 Å². The van der Waals surface area contributed by atoms with Crippen LogP contribution in [0.15, 0.2) is 42.5 Å². The van der Waals surface area contributed by atoms with Crippen molar-refractivity contribution in [3.63, 3.8) is 0 Å². The number of fused-ring (bicyclic) bond motifs is 1. The van der Waals surface area contributed by atoms with E-state index in [1.54, 1.807) is 0 Å². The van der Waals surface area contributed by atoms with Gasteiger partial charge in [-0.2, -0.15) is 5.10 Å². The Morgan fingerprint density at radius 3 is 2.54 bits per heavy atom. The summed E-state index contributed by atoms with van der Waals surface area (Å²) < 4.78 is 0. The van der Waals surface area contributed by atoms with Gasteiger partial charge in [0.1, 0.15) is 5.82 Å². The van der Waals surface area contributed by atoms with E-state index in [9.17, 15) is 4.79 Å². The highest BCUT2D eigenvalue weighted by atomic mass is 16.2. The Kier molecular flexibility index (Phi) is 5.37. The number of carbonyl (C=O) groups excluding carboxylic acids is 1. The molecule has 3 N–H and O–H groups in total. The zero-order valence-corrected chi connectivity index (χ0v) is 16.1. The number of rotatable bonds is 5. The molecule has 1 aliphatic rings. The molecule has 2 aromatic carbocycles. The minimum Gasteiger partial charge on any atom is -0.334 e. The van der Waals surface area contributed by atoms with Crippen molar-refractivity contribution in [2.45, 2.75) is 45.6 Å². The van der Waals surface area contributed by atoms with Gasteiger partial charge in [0, 0.05) is 18.7 Å². The van der Waals surface area contributed by atoms with Gasteiger partial charge in [-0.1, -0.05) is 30.3 Å². The first-order valence-corrected chi connectivity index (χ1v) is 9.78. The lowest BCUT2D eigenvalue weighted by Crippen LogP contribution is -2.28. The van der Waals surface area contributed by atoms with Crippen LogP contribution in [-0.2, 0) is 25.8 Å². The number of amides is 2. The van der Waals surface area contributed by atoms with Crippen molar-refractivity contribution in [3.05, 3.63) is 76.4 Å². The van der Waals surface area contributed by atoms with Crippen molar-refractivity contribution >= 4 is 11.7 Å². The van der Waals surface area contributed by atoms with Gasteiger partial charge in [0.05, 0.1) is 0 Å². The largest absolute Gasteiger partial charge is 0.334 e. The lowest BCUT2D eigenvalue weighted by molar-refractivity contribution is 0.251. The minimum atomic E-state index is -0.199. The van der Waals surface area contributed by atoms with Crippen LogP contribution in [0.3, 0.4) is 0 Å². The molecule has 0 fully saturated rings. The molecule has 144 valence electrons. The predicted molar refractivity (Wildman–Crippen MR) is 109 cm³/mol. The number of aromatic amines is 1. The zero-order chi connectivity index (χ0) is 19.3. The van der Waals surface area contributed by atoms with Gasteiger partial charge in [-0.3, -0.25) is 5.10 Å². The molecule has 0 saturated carbocycles. The number of hydrogen-bond donors (Lipinski definition) is 3. The fourth-order valence-corrected chi connectivity index (χ4v) is 3.61. The highest BCUT2D eigenvalue weighted by Crippen LogP contribution is 2.22. The summed E-state index contributed by atoms with van der Waals surface area (Å²) in [5.74, 6) is 1.57. The summed E-state index contributed by atoms with van der Waals surface area (Å²) in [7, 11) is 0. The molecule has 4 rings (SSSR count). The Morgan fingerprint density at radius 2 is 1.79 bits per heavy atom. The number of benzene rings is 2. The number of hydrogen-bond acceptors (Lipinski definition) is 3. The van der Waals surface area contributed by atoms with Crippen LogP contribution >= 0.6 is 0 Å². The number of nitrogens with one attached hydrogen (secondary N) is 3. The first kappa shape index (κ1) is 18.2. The molecule has 0 spiro atoms. The maximum atomic E-state index is 12.2. The van der Waals surface area contributed by atoms with Crippen LogP contribution in [0.25, 0.3) is 0 Å². The molecule has 0 saturated heterocycles. The van der Waals surface area contributed by atoms with E-state index in [1.165, 1.54) is 30.4 Å². The Balaban J connectivity index is 1.29. The van der Waals surface area contributed by atoms with E-state index in [4.69, 9.17) is 0 Å². The van der Waals surface area contributed by atoms with Crippen LogP contribution in [0.2, 0.25) is 0 Å². The van der Waals surface area contributed by atoms with E-state index in [0.717, 1.165) is 34.9 Å². The maximum Gasteiger partial charge on any atom is 0.319 e. The van der Waals surface area contributed by atoms with E-state index in [-0.39, 0.29) is 6.03 Å². The molecule has 0 unspecified atom stereocenters. The van der Waals surface area contributed by atoms with Gasteiger partial charge < -0.3 is 10.6 Å². The third-order valence-electron chi connectivity index (χ3n) is 5.08. The molecule has 0 aliphatic heterocycles. The molecule has 1 aromatic heterocycles. The quantitative estimate of drug-likeness (QED) is 0.632. The van der Waals surface area contributed by atoms with Crippen LogP contribution in [-0.4, -0.2) is 21.2 Å². The van der Waals surface area contributed by atoms with Gasteiger partial charge in [0.25, 0.3) is 0 Å². The zero-order valence-electron chi connectivity index (χ0n) is 16.1. The molecule has 0 radical (unpaired) electrons. The number of aromatic nitrogens is 3. The Labute approximate surface area is 164 Å². The number of nitrogens with zero attached hydrogens (tertiary/aromatic N) is 2. The first-order chi connectivity index (χ1) is 13.7. The highest BCUT2D eigenvalue weighted by molar-refractivity contribution is 5.89. The molecule has 1 heterocycles. The molecule has 6 heteroatoms. The molecule has 28 heavy (non-hydrogen) atoms. The Hall–Kier alpha value is -3.15. The number of carbonyl (C=O) groups is 1. The van der Waals surface area contributed by atoms with E-state index < -0.39 is 0 Å². The summed E-state index contributed by atoms with van der Waals surface area (Å²) in [5, 5.41) is 12.8. The Bertz CT molecular complexity index is 961. The van der Waals surface area contributed by atoms with Crippen molar-refractivity contribution in [2.75, 3.05) is 5.32 Å². The fraction of sp³-hybridized carbons (Fsp3) is 0.318. The van der Waals surface area contributed by atoms with Gasteiger partial charge in [-0.25, -0.2) is 9.78 Å². The van der Waals surface area contributed by atoms with Crippen molar-refractivity contribution in [3.8, 4) is 0 Å². The van der Waals surface area contributed by atoms with Crippen molar-refractivity contribution in [1.82, 2.24) is 20.5 Å². The van der Waals surface area contributed by atoms with E-state index in [1.807, 2.05) is 31.2 Å². The predicted octanol–water partition coefficient (Wildman–Crippen LogP) is 3.90. The summed E-state index contributed by atoms with van der Waals surface area (Å²) in [6, 6.07) is 14.1. The summed E-state index contributed by atoms with van der Waals surface area (Å²) in [5.41, 5.74) is 5.90. The van der Waals surface area contributed by atoms with Crippen LogP contribution in [0.1, 0.15) is 46.7 Å². The Morgan fingerprint density at radius 1 is 1.04 bits per heavy atom. The second-order valence-corrected chi connectivity index (χ2v) is 7.33.